The Hall–Kier alpha value is -2.00. The van der Waals surface area contributed by atoms with Gasteiger partial charge in [-0.25, -0.2) is 4.98 Å². The van der Waals surface area contributed by atoms with E-state index in [9.17, 15) is 5.11 Å². The Morgan fingerprint density at radius 2 is 1.86 bits per heavy atom. The fourth-order valence-electron chi connectivity index (χ4n) is 2.62. The van der Waals surface area contributed by atoms with Crippen LogP contribution in [0.5, 0.6) is 5.75 Å². The third kappa shape index (κ3) is 2.74. The molecule has 0 aliphatic heterocycles. The van der Waals surface area contributed by atoms with Crippen molar-refractivity contribution >= 4 is 22.6 Å². The van der Waals surface area contributed by atoms with E-state index in [2.05, 4.69) is 18.4 Å². The molecule has 4 heteroatoms. The third-order valence-electron chi connectivity index (χ3n) is 3.54. The van der Waals surface area contributed by atoms with Gasteiger partial charge in [0.1, 0.15) is 11.6 Å². The first-order valence-corrected chi connectivity index (χ1v) is 7.36. The van der Waals surface area contributed by atoms with Crippen LogP contribution in [0.3, 0.4) is 0 Å². The molecule has 108 valence electrons. The first kappa shape index (κ1) is 14.0. The zero-order valence-electron chi connectivity index (χ0n) is 12.0. The Labute approximate surface area is 128 Å². The predicted octanol–water partition coefficient (Wildman–Crippen LogP) is 4.57. The molecule has 0 unspecified atom stereocenters. The first-order chi connectivity index (χ1) is 10.0. The molecule has 0 aliphatic rings. The van der Waals surface area contributed by atoms with Gasteiger partial charge < -0.3 is 9.67 Å². The SMILES string of the molecule is CC(C)n1c(Cc2ccc(O)cc2)nc2cc(Cl)ccc21. The van der Waals surface area contributed by atoms with E-state index in [0.717, 1.165) is 28.8 Å². The Morgan fingerprint density at radius 3 is 2.52 bits per heavy atom. The number of imidazole rings is 1. The second-order valence-corrected chi connectivity index (χ2v) is 5.90. The minimum atomic E-state index is 0.280. The minimum absolute atomic E-state index is 0.280. The van der Waals surface area contributed by atoms with Crippen LogP contribution in [0.25, 0.3) is 11.0 Å². The molecule has 1 heterocycles. The molecule has 0 saturated carbocycles. The lowest BCUT2D eigenvalue weighted by atomic mass is 10.1. The number of nitrogens with zero attached hydrogens (tertiary/aromatic N) is 2. The largest absolute Gasteiger partial charge is 0.508 e. The van der Waals surface area contributed by atoms with Crippen LogP contribution in [-0.4, -0.2) is 14.7 Å². The van der Waals surface area contributed by atoms with Gasteiger partial charge in [0.2, 0.25) is 0 Å². The van der Waals surface area contributed by atoms with Crippen molar-refractivity contribution < 1.29 is 5.11 Å². The van der Waals surface area contributed by atoms with Crippen LogP contribution in [0.1, 0.15) is 31.3 Å². The molecular weight excluding hydrogens is 284 g/mol. The van der Waals surface area contributed by atoms with Gasteiger partial charge in [0.15, 0.2) is 0 Å². The van der Waals surface area contributed by atoms with Gasteiger partial charge in [0.05, 0.1) is 11.0 Å². The molecule has 0 amide bonds. The molecule has 0 bridgehead atoms. The summed E-state index contributed by atoms with van der Waals surface area (Å²) < 4.78 is 2.23. The van der Waals surface area contributed by atoms with Gasteiger partial charge >= 0.3 is 0 Å². The molecule has 3 aromatic rings. The maximum Gasteiger partial charge on any atom is 0.115 e. The van der Waals surface area contributed by atoms with Crippen molar-refractivity contribution in [1.82, 2.24) is 9.55 Å². The topological polar surface area (TPSA) is 38.0 Å². The van der Waals surface area contributed by atoms with Crippen molar-refractivity contribution in [1.29, 1.82) is 0 Å². The summed E-state index contributed by atoms with van der Waals surface area (Å²) in [6.07, 6.45) is 0.727. The maximum absolute atomic E-state index is 9.37. The fourth-order valence-corrected chi connectivity index (χ4v) is 2.79. The Morgan fingerprint density at radius 1 is 1.14 bits per heavy atom. The molecule has 3 rings (SSSR count). The van der Waals surface area contributed by atoms with Gasteiger partial charge in [-0.1, -0.05) is 23.7 Å². The van der Waals surface area contributed by atoms with Gasteiger partial charge in [-0.15, -0.1) is 0 Å². The van der Waals surface area contributed by atoms with Crippen molar-refractivity contribution in [2.45, 2.75) is 26.3 Å². The second kappa shape index (κ2) is 5.41. The molecule has 21 heavy (non-hydrogen) atoms. The number of aromatic nitrogens is 2. The molecule has 1 aromatic heterocycles. The molecule has 3 nitrogen and oxygen atoms in total. The summed E-state index contributed by atoms with van der Waals surface area (Å²) in [4.78, 5) is 4.73. The van der Waals surface area contributed by atoms with Gasteiger partial charge in [-0.2, -0.15) is 0 Å². The molecule has 0 saturated heterocycles. The molecule has 0 spiro atoms. The lowest BCUT2D eigenvalue weighted by molar-refractivity contribution is 0.475. The van der Waals surface area contributed by atoms with Crippen molar-refractivity contribution in [2.24, 2.45) is 0 Å². The predicted molar refractivity (Wildman–Crippen MR) is 86.0 cm³/mol. The number of rotatable bonds is 3. The van der Waals surface area contributed by atoms with E-state index in [1.807, 2.05) is 30.3 Å². The highest BCUT2D eigenvalue weighted by Crippen LogP contribution is 2.25. The van der Waals surface area contributed by atoms with Crippen LogP contribution in [0, 0.1) is 0 Å². The summed E-state index contributed by atoms with van der Waals surface area (Å²) in [7, 11) is 0. The Balaban J connectivity index is 2.08. The smallest absolute Gasteiger partial charge is 0.115 e. The number of benzene rings is 2. The monoisotopic (exact) mass is 300 g/mol. The van der Waals surface area contributed by atoms with Crippen LogP contribution in [-0.2, 0) is 6.42 Å². The summed E-state index contributed by atoms with van der Waals surface area (Å²) in [5.41, 5.74) is 3.14. The summed E-state index contributed by atoms with van der Waals surface area (Å²) in [5, 5.41) is 10.1. The highest BCUT2D eigenvalue weighted by Gasteiger charge is 2.14. The number of hydrogen-bond donors (Lipinski definition) is 1. The van der Waals surface area contributed by atoms with Crippen molar-refractivity contribution in [3.63, 3.8) is 0 Å². The van der Waals surface area contributed by atoms with Crippen LogP contribution < -0.4 is 0 Å². The van der Waals surface area contributed by atoms with Crippen molar-refractivity contribution in [3.05, 3.63) is 58.9 Å². The van der Waals surface area contributed by atoms with Crippen LogP contribution in [0.4, 0.5) is 0 Å². The molecule has 2 aromatic carbocycles. The normalized spacial score (nSPS) is 11.4. The molecule has 0 aliphatic carbocycles. The number of hydrogen-bond acceptors (Lipinski definition) is 2. The number of aromatic hydroxyl groups is 1. The average molecular weight is 301 g/mol. The van der Waals surface area contributed by atoms with E-state index in [4.69, 9.17) is 16.6 Å². The van der Waals surface area contributed by atoms with Crippen LogP contribution in [0.2, 0.25) is 5.02 Å². The molecule has 0 atom stereocenters. The maximum atomic E-state index is 9.37. The number of phenols is 1. The number of halogens is 1. The van der Waals surface area contributed by atoms with E-state index >= 15 is 0 Å². The molecule has 0 radical (unpaired) electrons. The Bertz CT molecular complexity index is 775. The van der Waals surface area contributed by atoms with Crippen molar-refractivity contribution in [3.8, 4) is 5.75 Å². The zero-order chi connectivity index (χ0) is 15.0. The van der Waals surface area contributed by atoms with E-state index in [1.54, 1.807) is 12.1 Å². The van der Waals surface area contributed by atoms with Crippen molar-refractivity contribution in [2.75, 3.05) is 0 Å². The standard InChI is InChI=1S/C17H17ClN2O/c1-11(2)20-16-8-5-13(18)10-15(16)19-17(20)9-12-3-6-14(21)7-4-12/h3-8,10-11,21H,9H2,1-2H3. The molecule has 0 fully saturated rings. The average Bonchev–Trinajstić information content (AvgIpc) is 2.78. The summed E-state index contributed by atoms with van der Waals surface area (Å²) in [5.74, 6) is 1.29. The molecule has 1 N–H and O–H groups in total. The summed E-state index contributed by atoms with van der Waals surface area (Å²) >= 11 is 6.06. The van der Waals surface area contributed by atoms with Gasteiger partial charge in [-0.3, -0.25) is 0 Å². The fraction of sp³-hybridized carbons (Fsp3) is 0.235. The van der Waals surface area contributed by atoms with E-state index < -0.39 is 0 Å². The second-order valence-electron chi connectivity index (χ2n) is 5.47. The first-order valence-electron chi connectivity index (χ1n) is 6.99. The summed E-state index contributed by atoms with van der Waals surface area (Å²) in [6, 6.07) is 13.4. The van der Waals surface area contributed by atoms with Crippen LogP contribution in [0.15, 0.2) is 42.5 Å². The van der Waals surface area contributed by atoms with E-state index in [1.165, 1.54) is 0 Å². The van der Waals surface area contributed by atoms with Gasteiger partial charge in [-0.05, 0) is 49.7 Å². The summed E-state index contributed by atoms with van der Waals surface area (Å²) in [6.45, 7) is 4.30. The third-order valence-corrected chi connectivity index (χ3v) is 3.77. The quantitative estimate of drug-likeness (QED) is 0.769. The highest BCUT2D eigenvalue weighted by molar-refractivity contribution is 6.31. The highest BCUT2D eigenvalue weighted by atomic mass is 35.5. The molecular formula is C17H17ClN2O. The Kier molecular flexibility index (Phi) is 3.60. The van der Waals surface area contributed by atoms with Crippen LogP contribution >= 0.6 is 11.6 Å². The van der Waals surface area contributed by atoms with E-state index in [0.29, 0.717) is 11.1 Å². The number of fused-ring (bicyclic) bond motifs is 1. The van der Waals surface area contributed by atoms with Gasteiger partial charge in [0, 0.05) is 17.5 Å². The van der Waals surface area contributed by atoms with Gasteiger partial charge in [0.25, 0.3) is 0 Å². The lowest BCUT2D eigenvalue weighted by Gasteiger charge is -2.13. The zero-order valence-corrected chi connectivity index (χ0v) is 12.8. The lowest BCUT2D eigenvalue weighted by Crippen LogP contribution is -2.06. The van der Waals surface area contributed by atoms with E-state index in [-0.39, 0.29) is 5.75 Å². The minimum Gasteiger partial charge on any atom is -0.508 e. The number of phenolic OH excluding ortho intramolecular Hbond substituents is 1.